The molecule has 16 heavy (non-hydrogen) atoms. The van der Waals surface area contributed by atoms with Crippen molar-refractivity contribution in [1.82, 2.24) is 0 Å². The highest BCUT2D eigenvalue weighted by atomic mass is 35.5. The van der Waals surface area contributed by atoms with Crippen molar-refractivity contribution in [2.45, 2.75) is 33.1 Å². The van der Waals surface area contributed by atoms with E-state index in [-0.39, 0.29) is 18.0 Å². The zero-order valence-electron chi connectivity index (χ0n) is 9.59. The zero-order chi connectivity index (χ0) is 12.1. The Morgan fingerprint density at radius 3 is 2.75 bits per heavy atom. The third kappa shape index (κ3) is 4.31. The van der Waals surface area contributed by atoms with Crippen molar-refractivity contribution >= 4 is 17.4 Å². The second-order valence-corrected chi connectivity index (χ2v) is 4.79. The molecule has 1 nitrogen and oxygen atoms in total. The highest BCUT2D eigenvalue weighted by Crippen LogP contribution is 2.18. The van der Waals surface area contributed by atoms with Gasteiger partial charge in [-0.25, -0.2) is 4.39 Å². The predicted octanol–water partition coefficient (Wildman–Crippen LogP) is 4.03. The van der Waals surface area contributed by atoms with Gasteiger partial charge in [0.2, 0.25) is 0 Å². The lowest BCUT2D eigenvalue weighted by atomic mass is 10.0. The molecule has 0 fully saturated rings. The molecule has 0 aromatic heterocycles. The van der Waals surface area contributed by atoms with Crippen LogP contribution in [0.5, 0.6) is 0 Å². The molecule has 0 saturated heterocycles. The fourth-order valence-electron chi connectivity index (χ4n) is 1.43. The molecule has 0 spiro atoms. The van der Waals surface area contributed by atoms with Gasteiger partial charge >= 0.3 is 0 Å². The maximum Gasteiger partial charge on any atom is 0.137 e. The van der Waals surface area contributed by atoms with Crippen LogP contribution in [-0.4, -0.2) is 5.78 Å². The number of benzene rings is 1. The Labute approximate surface area is 101 Å². The highest BCUT2D eigenvalue weighted by Gasteiger charge is 2.09. The van der Waals surface area contributed by atoms with Crippen molar-refractivity contribution in [2.75, 3.05) is 0 Å². The molecule has 1 aromatic rings. The Bertz CT molecular complexity index is 374. The van der Waals surface area contributed by atoms with Crippen LogP contribution in [0.15, 0.2) is 18.2 Å². The van der Waals surface area contributed by atoms with Gasteiger partial charge in [-0.1, -0.05) is 25.4 Å². The second kappa shape index (κ2) is 6.00. The lowest BCUT2D eigenvalue weighted by Crippen LogP contribution is -2.05. The largest absolute Gasteiger partial charge is 0.299 e. The molecular formula is C13H16ClFO. The summed E-state index contributed by atoms with van der Waals surface area (Å²) in [5, 5.41) is 0.458. The molecule has 0 bridgehead atoms. The number of Topliss-reactive ketones (excluding diaryl/α,β-unsaturated/α-hetero) is 1. The van der Waals surface area contributed by atoms with Gasteiger partial charge < -0.3 is 0 Å². The Balaban J connectivity index is 2.59. The number of hydrogen-bond donors (Lipinski definition) is 0. The first-order valence-electron chi connectivity index (χ1n) is 5.44. The van der Waals surface area contributed by atoms with E-state index in [0.717, 1.165) is 6.42 Å². The molecule has 0 heterocycles. The van der Waals surface area contributed by atoms with Crippen LogP contribution in [0.25, 0.3) is 0 Å². The van der Waals surface area contributed by atoms with E-state index in [9.17, 15) is 9.18 Å². The number of ketones is 1. The molecule has 1 rings (SSSR count). The summed E-state index contributed by atoms with van der Waals surface area (Å²) in [5.41, 5.74) is 0.579. The molecular weight excluding hydrogens is 227 g/mol. The van der Waals surface area contributed by atoms with Crippen molar-refractivity contribution < 1.29 is 9.18 Å². The third-order valence-corrected chi connectivity index (χ3v) is 2.76. The monoisotopic (exact) mass is 242 g/mol. The van der Waals surface area contributed by atoms with Crippen molar-refractivity contribution in [3.63, 3.8) is 0 Å². The van der Waals surface area contributed by atoms with Gasteiger partial charge in [-0.05, 0) is 36.1 Å². The molecule has 88 valence electrons. The number of carbonyl (C=O) groups excluding carboxylic acids is 1. The maximum atomic E-state index is 12.9. The van der Waals surface area contributed by atoms with Gasteiger partial charge in [0.15, 0.2) is 0 Å². The summed E-state index contributed by atoms with van der Waals surface area (Å²) < 4.78 is 12.9. The molecule has 0 unspecified atom stereocenters. The van der Waals surface area contributed by atoms with E-state index in [1.165, 1.54) is 18.2 Å². The summed E-state index contributed by atoms with van der Waals surface area (Å²) in [6.45, 7) is 4.14. The molecule has 3 heteroatoms. The van der Waals surface area contributed by atoms with Gasteiger partial charge in [-0.15, -0.1) is 0 Å². The molecule has 0 atom stereocenters. The van der Waals surface area contributed by atoms with Gasteiger partial charge in [-0.3, -0.25) is 4.79 Å². The van der Waals surface area contributed by atoms with Crippen LogP contribution in [-0.2, 0) is 11.2 Å². The summed E-state index contributed by atoms with van der Waals surface area (Å²) in [7, 11) is 0. The number of hydrogen-bond acceptors (Lipinski definition) is 1. The third-order valence-electron chi connectivity index (χ3n) is 2.40. The molecule has 0 radical (unpaired) electrons. The Kier molecular flexibility index (Phi) is 4.94. The van der Waals surface area contributed by atoms with E-state index in [0.29, 0.717) is 22.9 Å². The first-order valence-corrected chi connectivity index (χ1v) is 5.82. The van der Waals surface area contributed by atoms with Crippen LogP contribution in [0.3, 0.4) is 0 Å². The second-order valence-electron chi connectivity index (χ2n) is 4.38. The van der Waals surface area contributed by atoms with E-state index in [1.54, 1.807) is 0 Å². The fourth-order valence-corrected chi connectivity index (χ4v) is 1.61. The van der Waals surface area contributed by atoms with Crippen LogP contribution >= 0.6 is 11.6 Å². The van der Waals surface area contributed by atoms with Crippen molar-refractivity contribution in [3.05, 3.63) is 34.6 Å². The van der Waals surface area contributed by atoms with Crippen molar-refractivity contribution in [2.24, 2.45) is 5.92 Å². The molecule has 0 saturated carbocycles. The first-order chi connectivity index (χ1) is 7.49. The van der Waals surface area contributed by atoms with E-state index < -0.39 is 0 Å². The molecule has 0 amide bonds. The topological polar surface area (TPSA) is 17.1 Å². The lowest BCUT2D eigenvalue weighted by molar-refractivity contribution is -0.118. The summed E-state index contributed by atoms with van der Waals surface area (Å²) in [6, 6.07) is 4.11. The predicted molar refractivity (Wildman–Crippen MR) is 64.2 cm³/mol. The van der Waals surface area contributed by atoms with Crippen molar-refractivity contribution in [1.29, 1.82) is 0 Å². The van der Waals surface area contributed by atoms with Gasteiger partial charge in [0.25, 0.3) is 0 Å². The summed E-state index contributed by atoms with van der Waals surface area (Å²) in [6.07, 6.45) is 1.62. The van der Waals surface area contributed by atoms with E-state index in [1.807, 2.05) is 0 Å². The number of rotatable bonds is 5. The van der Waals surface area contributed by atoms with Gasteiger partial charge in [-0.2, -0.15) is 0 Å². The standard InChI is InChI=1S/C13H16ClFO/c1-9(2)3-5-12(16)8-10-7-11(15)4-6-13(10)14/h4,6-7,9H,3,5,8H2,1-2H3. The average molecular weight is 243 g/mol. The summed E-state index contributed by atoms with van der Waals surface area (Å²) in [4.78, 5) is 11.6. The maximum absolute atomic E-state index is 12.9. The quantitative estimate of drug-likeness (QED) is 0.762. The molecule has 0 aliphatic rings. The Morgan fingerprint density at radius 1 is 1.44 bits per heavy atom. The normalized spacial score (nSPS) is 10.8. The van der Waals surface area contributed by atoms with Crippen LogP contribution < -0.4 is 0 Å². The van der Waals surface area contributed by atoms with Crippen LogP contribution in [0.2, 0.25) is 5.02 Å². The smallest absolute Gasteiger partial charge is 0.137 e. The van der Waals surface area contributed by atoms with Crippen LogP contribution in [0.4, 0.5) is 4.39 Å². The average Bonchev–Trinajstić information content (AvgIpc) is 2.20. The number of carbonyl (C=O) groups is 1. The molecule has 0 aliphatic heterocycles. The SMILES string of the molecule is CC(C)CCC(=O)Cc1cc(F)ccc1Cl. The van der Waals surface area contributed by atoms with Gasteiger partial charge in [0.05, 0.1) is 0 Å². The van der Waals surface area contributed by atoms with Crippen LogP contribution in [0, 0.1) is 11.7 Å². The number of halogens is 2. The van der Waals surface area contributed by atoms with E-state index in [2.05, 4.69) is 13.8 Å². The summed E-state index contributed by atoms with van der Waals surface area (Å²) >= 11 is 5.88. The van der Waals surface area contributed by atoms with Crippen molar-refractivity contribution in [3.8, 4) is 0 Å². The molecule has 0 N–H and O–H groups in total. The highest BCUT2D eigenvalue weighted by molar-refractivity contribution is 6.31. The van der Waals surface area contributed by atoms with E-state index in [4.69, 9.17) is 11.6 Å². The van der Waals surface area contributed by atoms with E-state index >= 15 is 0 Å². The zero-order valence-corrected chi connectivity index (χ0v) is 10.4. The minimum atomic E-state index is -0.351. The van der Waals surface area contributed by atoms with Gasteiger partial charge in [0, 0.05) is 17.9 Å². The minimum absolute atomic E-state index is 0.112. The molecule has 1 aromatic carbocycles. The first kappa shape index (κ1) is 13.2. The minimum Gasteiger partial charge on any atom is -0.299 e. The summed E-state index contributed by atoms with van der Waals surface area (Å²) in [5.74, 6) is 0.268. The van der Waals surface area contributed by atoms with Crippen LogP contribution in [0.1, 0.15) is 32.3 Å². The Hall–Kier alpha value is -0.890. The van der Waals surface area contributed by atoms with Gasteiger partial charge in [0.1, 0.15) is 11.6 Å². The lowest BCUT2D eigenvalue weighted by Gasteiger charge is -2.05. The fraction of sp³-hybridized carbons (Fsp3) is 0.462. The molecule has 0 aliphatic carbocycles. The Morgan fingerprint density at radius 2 is 2.12 bits per heavy atom.